The molecule has 1 atom stereocenters. The number of carbonyl (C=O) groups excluding carboxylic acids is 1. The van der Waals surface area contributed by atoms with E-state index in [1.54, 1.807) is 18.2 Å². The van der Waals surface area contributed by atoms with Crippen LogP contribution < -0.4 is 10.6 Å². The number of carbonyl (C=O) groups is 1. The van der Waals surface area contributed by atoms with Crippen molar-refractivity contribution < 1.29 is 13.6 Å². The molecule has 3 heterocycles. The first-order valence-electron chi connectivity index (χ1n) is 9.40. The average Bonchev–Trinajstić information content (AvgIpc) is 3.44. The standard InChI is InChI=1S/C22H15ClFN5O2/c23-14-8-4-9-15(24)19(14)17-12-16(13-6-2-1-3-7-13)25-22-27-21(28-29(17)22)26-20(30)18-10-5-11-31-18/h1-12,17H,(H2,25,26,27,28,30)/t17-/m1/s1. The molecule has 31 heavy (non-hydrogen) atoms. The fourth-order valence-corrected chi connectivity index (χ4v) is 3.68. The summed E-state index contributed by atoms with van der Waals surface area (Å²) in [5.74, 6) is -0.461. The molecule has 1 aliphatic rings. The number of nitrogens with zero attached hydrogens (tertiary/aromatic N) is 3. The number of hydrogen-bond acceptors (Lipinski definition) is 5. The predicted octanol–water partition coefficient (Wildman–Crippen LogP) is 4.97. The number of benzene rings is 2. The lowest BCUT2D eigenvalue weighted by molar-refractivity contribution is 0.0995. The van der Waals surface area contributed by atoms with Crippen LogP contribution in [-0.2, 0) is 0 Å². The third kappa shape index (κ3) is 3.57. The molecule has 2 aromatic heterocycles. The highest BCUT2D eigenvalue weighted by Crippen LogP contribution is 2.37. The van der Waals surface area contributed by atoms with Crippen LogP contribution in [0.2, 0.25) is 5.02 Å². The van der Waals surface area contributed by atoms with Crippen LogP contribution in [-0.4, -0.2) is 20.7 Å². The Morgan fingerprint density at radius 2 is 1.97 bits per heavy atom. The van der Waals surface area contributed by atoms with Crippen LogP contribution in [0.4, 0.5) is 16.3 Å². The quantitative estimate of drug-likeness (QED) is 0.472. The van der Waals surface area contributed by atoms with E-state index in [0.29, 0.717) is 11.6 Å². The number of halogens is 2. The Balaban J connectivity index is 1.58. The molecular formula is C22H15ClFN5O2. The van der Waals surface area contributed by atoms with E-state index in [4.69, 9.17) is 16.0 Å². The number of hydrogen-bond donors (Lipinski definition) is 2. The van der Waals surface area contributed by atoms with E-state index in [0.717, 1.165) is 5.56 Å². The van der Waals surface area contributed by atoms with Gasteiger partial charge in [0.2, 0.25) is 5.95 Å². The van der Waals surface area contributed by atoms with Gasteiger partial charge in [-0.05, 0) is 35.9 Å². The molecule has 2 aromatic carbocycles. The van der Waals surface area contributed by atoms with Crippen LogP contribution in [0, 0.1) is 5.82 Å². The smallest absolute Gasteiger partial charge is 0.293 e. The monoisotopic (exact) mass is 435 g/mol. The topological polar surface area (TPSA) is 85.0 Å². The molecule has 1 amide bonds. The second-order valence-electron chi connectivity index (χ2n) is 6.79. The Morgan fingerprint density at radius 1 is 1.13 bits per heavy atom. The molecule has 7 nitrogen and oxygen atoms in total. The maximum atomic E-state index is 14.8. The highest BCUT2D eigenvalue weighted by molar-refractivity contribution is 6.31. The van der Waals surface area contributed by atoms with Crippen molar-refractivity contribution >= 4 is 35.1 Å². The first-order chi connectivity index (χ1) is 15.1. The number of anilines is 2. The molecule has 0 aliphatic carbocycles. The molecule has 0 saturated carbocycles. The predicted molar refractivity (Wildman–Crippen MR) is 114 cm³/mol. The highest BCUT2D eigenvalue weighted by Gasteiger charge is 2.29. The van der Waals surface area contributed by atoms with E-state index < -0.39 is 17.8 Å². The third-order valence-electron chi connectivity index (χ3n) is 4.82. The lowest BCUT2D eigenvalue weighted by Gasteiger charge is -2.25. The first kappa shape index (κ1) is 19.1. The molecule has 0 unspecified atom stereocenters. The van der Waals surface area contributed by atoms with Gasteiger partial charge in [0.05, 0.1) is 6.26 Å². The van der Waals surface area contributed by atoms with Crippen LogP contribution in [0.1, 0.15) is 27.7 Å². The molecule has 154 valence electrons. The van der Waals surface area contributed by atoms with E-state index in [-0.39, 0.29) is 22.3 Å². The van der Waals surface area contributed by atoms with Crippen LogP contribution >= 0.6 is 11.6 Å². The van der Waals surface area contributed by atoms with Crippen molar-refractivity contribution in [2.24, 2.45) is 0 Å². The normalized spacial score (nSPS) is 15.0. The van der Waals surface area contributed by atoms with Gasteiger partial charge in [0.15, 0.2) is 5.76 Å². The lowest BCUT2D eigenvalue weighted by atomic mass is 10.0. The summed E-state index contributed by atoms with van der Waals surface area (Å²) in [6.45, 7) is 0. The minimum absolute atomic E-state index is 0.0454. The van der Waals surface area contributed by atoms with Crippen molar-refractivity contribution in [1.82, 2.24) is 14.8 Å². The summed E-state index contributed by atoms with van der Waals surface area (Å²) in [5.41, 5.74) is 1.86. The van der Waals surface area contributed by atoms with E-state index >= 15 is 0 Å². The van der Waals surface area contributed by atoms with Crippen molar-refractivity contribution in [2.45, 2.75) is 6.04 Å². The van der Waals surface area contributed by atoms with E-state index in [2.05, 4.69) is 20.7 Å². The Labute approximate surface area is 181 Å². The Morgan fingerprint density at radius 3 is 2.71 bits per heavy atom. The summed E-state index contributed by atoms with van der Waals surface area (Å²) in [4.78, 5) is 16.7. The molecule has 5 rings (SSSR count). The van der Waals surface area contributed by atoms with Gasteiger partial charge in [-0.25, -0.2) is 9.07 Å². The van der Waals surface area contributed by atoms with Crippen molar-refractivity contribution in [3.8, 4) is 0 Å². The Hall–Kier alpha value is -3.91. The fraction of sp³-hybridized carbons (Fsp3) is 0.0455. The fourth-order valence-electron chi connectivity index (χ4n) is 3.40. The molecule has 0 fully saturated rings. The summed E-state index contributed by atoms with van der Waals surface area (Å²) < 4.78 is 21.4. The van der Waals surface area contributed by atoms with E-state index in [1.165, 1.54) is 23.1 Å². The molecule has 9 heteroatoms. The van der Waals surface area contributed by atoms with E-state index in [9.17, 15) is 9.18 Å². The maximum absolute atomic E-state index is 14.8. The van der Waals surface area contributed by atoms with Gasteiger partial charge in [-0.2, -0.15) is 4.98 Å². The minimum Gasteiger partial charge on any atom is -0.459 e. The number of amides is 1. The number of allylic oxidation sites excluding steroid dienone is 1. The average molecular weight is 436 g/mol. The molecule has 0 spiro atoms. The summed E-state index contributed by atoms with van der Waals surface area (Å²) in [6.07, 6.45) is 3.22. The summed E-state index contributed by atoms with van der Waals surface area (Å²) >= 11 is 6.35. The highest BCUT2D eigenvalue weighted by atomic mass is 35.5. The van der Waals surface area contributed by atoms with Gasteiger partial charge in [0.25, 0.3) is 11.9 Å². The third-order valence-corrected chi connectivity index (χ3v) is 5.15. The van der Waals surface area contributed by atoms with Crippen LogP contribution in [0.15, 0.2) is 77.4 Å². The number of nitrogens with one attached hydrogen (secondary N) is 2. The zero-order valence-corrected chi connectivity index (χ0v) is 16.7. The molecular weight excluding hydrogens is 421 g/mol. The summed E-state index contributed by atoms with van der Waals surface area (Å²) in [7, 11) is 0. The Bertz CT molecular complexity index is 1260. The SMILES string of the molecule is O=C(Nc1nc2n(n1)[C@@H](c1c(F)cccc1Cl)C=C(c1ccccc1)N2)c1ccco1. The summed E-state index contributed by atoms with van der Waals surface area (Å²) in [5, 5.41) is 10.4. The molecule has 4 aromatic rings. The second kappa shape index (κ2) is 7.73. The van der Waals surface area contributed by atoms with Gasteiger partial charge in [0.1, 0.15) is 11.9 Å². The van der Waals surface area contributed by atoms with Gasteiger partial charge in [-0.3, -0.25) is 10.1 Å². The van der Waals surface area contributed by atoms with Gasteiger partial charge in [-0.15, -0.1) is 5.10 Å². The number of fused-ring (bicyclic) bond motifs is 1. The molecule has 1 aliphatic heterocycles. The zero-order valence-electron chi connectivity index (χ0n) is 15.9. The minimum atomic E-state index is -0.679. The second-order valence-corrected chi connectivity index (χ2v) is 7.19. The van der Waals surface area contributed by atoms with Crippen LogP contribution in [0.5, 0.6) is 0 Å². The van der Waals surface area contributed by atoms with Crippen molar-refractivity contribution in [1.29, 1.82) is 0 Å². The molecule has 0 bridgehead atoms. The van der Waals surface area contributed by atoms with Gasteiger partial charge in [0, 0.05) is 16.3 Å². The number of aromatic nitrogens is 3. The van der Waals surface area contributed by atoms with Gasteiger partial charge in [-0.1, -0.05) is 48.0 Å². The zero-order chi connectivity index (χ0) is 21.4. The van der Waals surface area contributed by atoms with Gasteiger partial charge >= 0.3 is 0 Å². The molecule has 0 radical (unpaired) electrons. The van der Waals surface area contributed by atoms with Crippen molar-refractivity contribution in [2.75, 3.05) is 10.6 Å². The van der Waals surface area contributed by atoms with Crippen molar-refractivity contribution in [3.05, 3.63) is 101 Å². The van der Waals surface area contributed by atoms with E-state index in [1.807, 2.05) is 36.4 Å². The summed E-state index contributed by atoms with van der Waals surface area (Å²) in [6, 6.07) is 16.5. The largest absolute Gasteiger partial charge is 0.459 e. The number of rotatable bonds is 4. The number of furan rings is 1. The molecule has 2 N–H and O–H groups in total. The first-order valence-corrected chi connectivity index (χ1v) is 9.77. The van der Waals surface area contributed by atoms with Gasteiger partial charge < -0.3 is 9.73 Å². The van der Waals surface area contributed by atoms with Crippen LogP contribution in [0.3, 0.4) is 0 Å². The maximum Gasteiger partial charge on any atom is 0.293 e. The lowest BCUT2D eigenvalue weighted by Crippen LogP contribution is -2.21. The molecule has 0 saturated heterocycles. The Kier molecular flexibility index (Phi) is 4.76. The van der Waals surface area contributed by atoms with Crippen LogP contribution in [0.25, 0.3) is 5.70 Å². The van der Waals surface area contributed by atoms with Crippen molar-refractivity contribution in [3.63, 3.8) is 0 Å².